The molecule has 0 atom stereocenters. The van der Waals surface area contributed by atoms with Crippen molar-refractivity contribution in [3.8, 4) is 0 Å². The number of hydrogen-bond acceptors (Lipinski definition) is 2. The van der Waals surface area contributed by atoms with Crippen molar-refractivity contribution in [2.45, 2.75) is 45.8 Å². The first-order valence-corrected chi connectivity index (χ1v) is 5.67. The van der Waals surface area contributed by atoms with E-state index in [9.17, 15) is 0 Å². The Hall–Kier alpha value is -0.110. The Labute approximate surface area is 80.8 Å². The lowest BCUT2D eigenvalue weighted by molar-refractivity contribution is 0.758. The first kappa shape index (κ1) is 11.9. The number of allylic oxidation sites excluding steroid dienone is 1. The molecule has 0 aliphatic heterocycles. The van der Waals surface area contributed by atoms with E-state index in [1.807, 2.05) is 11.8 Å². The van der Waals surface area contributed by atoms with Crippen molar-refractivity contribution < 1.29 is 0 Å². The van der Waals surface area contributed by atoms with Crippen molar-refractivity contribution in [2.75, 3.05) is 0 Å². The SMILES string of the molecule is CCC(CC)S/C=C(\N)C(C)C. The summed E-state index contributed by atoms with van der Waals surface area (Å²) in [6.45, 7) is 8.69. The van der Waals surface area contributed by atoms with Crippen LogP contribution in [-0.4, -0.2) is 5.25 Å². The highest BCUT2D eigenvalue weighted by Gasteiger charge is 2.02. The van der Waals surface area contributed by atoms with E-state index in [4.69, 9.17) is 5.73 Å². The van der Waals surface area contributed by atoms with Gasteiger partial charge in [-0.05, 0) is 24.2 Å². The minimum absolute atomic E-state index is 0.479. The van der Waals surface area contributed by atoms with Crippen LogP contribution in [-0.2, 0) is 0 Å². The van der Waals surface area contributed by atoms with Gasteiger partial charge in [0.2, 0.25) is 0 Å². The maximum absolute atomic E-state index is 5.81. The Kier molecular flexibility index (Phi) is 6.35. The molecule has 0 bridgehead atoms. The second-order valence-electron chi connectivity index (χ2n) is 3.35. The van der Waals surface area contributed by atoms with Crippen molar-refractivity contribution in [2.24, 2.45) is 11.7 Å². The monoisotopic (exact) mass is 187 g/mol. The van der Waals surface area contributed by atoms with Gasteiger partial charge in [-0.3, -0.25) is 0 Å². The molecular formula is C10H21NS. The Morgan fingerprint density at radius 1 is 1.33 bits per heavy atom. The predicted molar refractivity (Wildman–Crippen MR) is 59.1 cm³/mol. The molecule has 72 valence electrons. The van der Waals surface area contributed by atoms with Gasteiger partial charge >= 0.3 is 0 Å². The smallest absolute Gasteiger partial charge is 0.0170 e. The fourth-order valence-corrected chi connectivity index (χ4v) is 1.80. The van der Waals surface area contributed by atoms with Crippen LogP contribution in [0, 0.1) is 5.92 Å². The van der Waals surface area contributed by atoms with E-state index in [1.165, 1.54) is 12.8 Å². The van der Waals surface area contributed by atoms with Crippen LogP contribution in [0.4, 0.5) is 0 Å². The largest absolute Gasteiger partial charge is 0.401 e. The minimum Gasteiger partial charge on any atom is -0.401 e. The van der Waals surface area contributed by atoms with Crippen LogP contribution in [0.2, 0.25) is 0 Å². The van der Waals surface area contributed by atoms with Gasteiger partial charge in [-0.25, -0.2) is 0 Å². The Bertz CT molecular complexity index is 137. The number of thioether (sulfide) groups is 1. The molecule has 0 heterocycles. The summed E-state index contributed by atoms with van der Waals surface area (Å²) < 4.78 is 0. The van der Waals surface area contributed by atoms with Crippen LogP contribution in [0.1, 0.15) is 40.5 Å². The Morgan fingerprint density at radius 3 is 2.17 bits per heavy atom. The van der Waals surface area contributed by atoms with Crippen LogP contribution in [0.5, 0.6) is 0 Å². The molecule has 1 nitrogen and oxygen atoms in total. The van der Waals surface area contributed by atoms with Gasteiger partial charge in [0.1, 0.15) is 0 Å². The standard InChI is InChI=1S/C10H21NS/c1-5-9(6-2)12-7-10(11)8(3)4/h7-9H,5-6,11H2,1-4H3/b10-7-. The lowest BCUT2D eigenvalue weighted by atomic mass is 10.2. The molecule has 2 heteroatoms. The topological polar surface area (TPSA) is 26.0 Å². The molecule has 2 N–H and O–H groups in total. The second-order valence-corrected chi connectivity index (χ2v) is 4.52. The van der Waals surface area contributed by atoms with Gasteiger partial charge in [-0.2, -0.15) is 0 Å². The summed E-state index contributed by atoms with van der Waals surface area (Å²) in [5.74, 6) is 0.479. The molecule has 0 saturated carbocycles. The molecule has 0 spiro atoms. The summed E-state index contributed by atoms with van der Waals surface area (Å²) in [6.07, 6.45) is 2.45. The first-order chi connectivity index (χ1) is 5.61. The molecule has 0 fully saturated rings. The van der Waals surface area contributed by atoms with Crippen molar-refractivity contribution in [1.82, 2.24) is 0 Å². The molecule has 12 heavy (non-hydrogen) atoms. The third kappa shape index (κ3) is 4.70. The lowest BCUT2D eigenvalue weighted by Crippen LogP contribution is -2.05. The number of nitrogens with two attached hydrogens (primary N) is 1. The highest BCUT2D eigenvalue weighted by molar-refractivity contribution is 8.02. The van der Waals surface area contributed by atoms with Gasteiger partial charge in [-0.1, -0.05) is 27.7 Å². The van der Waals surface area contributed by atoms with Gasteiger partial charge in [0.15, 0.2) is 0 Å². The number of rotatable bonds is 5. The summed E-state index contributed by atoms with van der Waals surface area (Å²) in [5, 5.41) is 2.85. The summed E-state index contributed by atoms with van der Waals surface area (Å²) in [4.78, 5) is 0. The average Bonchev–Trinajstić information content (AvgIpc) is 2.05. The molecule has 0 aromatic rings. The second kappa shape index (κ2) is 6.41. The van der Waals surface area contributed by atoms with Gasteiger partial charge in [-0.15, -0.1) is 11.8 Å². The average molecular weight is 187 g/mol. The lowest BCUT2D eigenvalue weighted by Gasteiger charge is -2.10. The van der Waals surface area contributed by atoms with E-state index in [1.54, 1.807) is 0 Å². The molecule has 0 aromatic carbocycles. The normalized spacial score (nSPS) is 13.0. The van der Waals surface area contributed by atoms with Crippen LogP contribution in [0.3, 0.4) is 0 Å². The van der Waals surface area contributed by atoms with Crippen LogP contribution >= 0.6 is 11.8 Å². The van der Waals surface area contributed by atoms with E-state index < -0.39 is 0 Å². The highest BCUT2D eigenvalue weighted by atomic mass is 32.2. The van der Waals surface area contributed by atoms with Gasteiger partial charge in [0, 0.05) is 10.9 Å². The van der Waals surface area contributed by atoms with E-state index in [-0.39, 0.29) is 0 Å². The number of hydrogen-bond donors (Lipinski definition) is 1. The zero-order chi connectivity index (χ0) is 9.56. The van der Waals surface area contributed by atoms with Crippen LogP contribution in [0.15, 0.2) is 11.1 Å². The Morgan fingerprint density at radius 2 is 1.83 bits per heavy atom. The molecule has 0 rings (SSSR count). The quantitative estimate of drug-likeness (QED) is 0.714. The zero-order valence-electron chi connectivity index (χ0n) is 8.63. The van der Waals surface area contributed by atoms with E-state index >= 15 is 0 Å². The first-order valence-electron chi connectivity index (χ1n) is 4.72. The van der Waals surface area contributed by atoms with E-state index in [0.717, 1.165) is 10.9 Å². The third-order valence-electron chi connectivity index (χ3n) is 1.97. The Balaban J connectivity index is 3.84. The molecule has 0 aromatic heterocycles. The summed E-state index contributed by atoms with van der Waals surface area (Å²) in [7, 11) is 0. The molecule has 0 amide bonds. The van der Waals surface area contributed by atoms with Crippen molar-refractivity contribution >= 4 is 11.8 Å². The van der Waals surface area contributed by atoms with Crippen LogP contribution in [0.25, 0.3) is 0 Å². The summed E-state index contributed by atoms with van der Waals surface area (Å²) >= 11 is 1.87. The van der Waals surface area contributed by atoms with Gasteiger partial charge in [0.05, 0.1) is 0 Å². The molecule has 0 aliphatic carbocycles. The highest BCUT2D eigenvalue weighted by Crippen LogP contribution is 2.21. The summed E-state index contributed by atoms with van der Waals surface area (Å²) in [5.41, 5.74) is 6.82. The van der Waals surface area contributed by atoms with Gasteiger partial charge < -0.3 is 5.73 Å². The minimum atomic E-state index is 0.479. The molecule has 0 saturated heterocycles. The predicted octanol–water partition coefficient (Wildman–Crippen LogP) is 3.36. The third-order valence-corrected chi connectivity index (χ3v) is 3.43. The molecular weight excluding hydrogens is 166 g/mol. The van der Waals surface area contributed by atoms with Crippen LogP contribution < -0.4 is 5.73 Å². The summed E-state index contributed by atoms with van der Waals surface area (Å²) in [6, 6.07) is 0. The van der Waals surface area contributed by atoms with Crippen molar-refractivity contribution in [3.63, 3.8) is 0 Å². The molecule has 0 aliphatic rings. The zero-order valence-corrected chi connectivity index (χ0v) is 9.45. The van der Waals surface area contributed by atoms with Crippen molar-refractivity contribution in [1.29, 1.82) is 0 Å². The maximum Gasteiger partial charge on any atom is 0.0170 e. The molecule has 0 unspecified atom stereocenters. The van der Waals surface area contributed by atoms with Gasteiger partial charge in [0.25, 0.3) is 0 Å². The fourth-order valence-electron chi connectivity index (χ4n) is 0.792. The fraction of sp³-hybridized carbons (Fsp3) is 0.800. The maximum atomic E-state index is 5.81. The van der Waals surface area contributed by atoms with E-state index in [0.29, 0.717) is 5.92 Å². The van der Waals surface area contributed by atoms with Crippen molar-refractivity contribution in [3.05, 3.63) is 11.1 Å². The van der Waals surface area contributed by atoms with E-state index in [2.05, 4.69) is 33.1 Å². The molecule has 0 radical (unpaired) electrons.